The molecule has 1 aliphatic rings. The van der Waals surface area contributed by atoms with E-state index in [1.165, 1.54) is 4.90 Å². The van der Waals surface area contributed by atoms with E-state index >= 15 is 0 Å². The third-order valence-electron chi connectivity index (χ3n) is 3.32. The molecule has 0 unspecified atom stereocenters. The molecule has 0 aromatic heterocycles. The first-order valence-electron chi connectivity index (χ1n) is 6.01. The van der Waals surface area contributed by atoms with E-state index < -0.39 is 47.4 Å². The Labute approximate surface area is 135 Å². The number of hydrogen-bond donors (Lipinski definition) is 1. The van der Waals surface area contributed by atoms with Gasteiger partial charge in [0.25, 0.3) is 0 Å². The van der Waals surface area contributed by atoms with Crippen LogP contribution in [0.5, 0.6) is 0 Å². The van der Waals surface area contributed by atoms with Crippen LogP contribution in [-0.2, 0) is 0 Å². The molecule has 0 bridgehead atoms. The molecule has 2 nitrogen and oxygen atoms in total. The number of nitrogens with zero attached hydrogens (tertiary/aromatic N) is 1. The lowest BCUT2D eigenvalue weighted by Crippen LogP contribution is -2.46. The molecule has 1 aliphatic heterocycles. The molecule has 1 heterocycles. The molecule has 0 aliphatic carbocycles. The van der Waals surface area contributed by atoms with E-state index in [1.54, 1.807) is 0 Å². The highest BCUT2D eigenvalue weighted by molar-refractivity contribution is 5.85. The maximum Gasteiger partial charge on any atom is 0.200 e. The Balaban J connectivity index is 0.00000220. The summed E-state index contributed by atoms with van der Waals surface area (Å²) in [5.74, 6) is -10.3. The SMILES string of the molecule is Cl.Cl.FC[C@H](c1c(F)c(F)c(F)c(F)c1F)N1CCNCC1. The van der Waals surface area contributed by atoms with Crippen molar-refractivity contribution in [2.45, 2.75) is 6.04 Å². The average Bonchev–Trinajstić information content (AvgIpc) is 2.48. The minimum atomic E-state index is -2.23. The second-order valence-corrected chi connectivity index (χ2v) is 4.44. The van der Waals surface area contributed by atoms with Gasteiger partial charge in [-0.2, -0.15) is 0 Å². The fourth-order valence-electron chi connectivity index (χ4n) is 2.27. The van der Waals surface area contributed by atoms with Gasteiger partial charge in [0.2, 0.25) is 5.82 Å². The normalized spacial score (nSPS) is 16.6. The summed E-state index contributed by atoms with van der Waals surface area (Å²) in [5, 5.41) is 2.95. The molecule has 1 atom stereocenters. The van der Waals surface area contributed by atoms with Gasteiger partial charge in [-0.25, -0.2) is 26.3 Å². The van der Waals surface area contributed by atoms with Crippen molar-refractivity contribution >= 4 is 24.8 Å². The molecule has 0 spiro atoms. The maximum absolute atomic E-state index is 13.7. The third kappa shape index (κ3) is 3.79. The van der Waals surface area contributed by atoms with Crippen molar-refractivity contribution in [2.24, 2.45) is 0 Å². The van der Waals surface area contributed by atoms with Crippen molar-refractivity contribution in [3.8, 4) is 0 Å². The van der Waals surface area contributed by atoms with Crippen molar-refractivity contribution < 1.29 is 26.3 Å². The number of halogens is 8. The van der Waals surface area contributed by atoms with Crippen molar-refractivity contribution in [1.29, 1.82) is 0 Å². The van der Waals surface area contributed by atoms with Crippen LogP contribution in [0.2, 0.25) is 0 Å². The van der Waals surface area contributed by atoms with E-state index in [4.69, 9.17) is 0 Å². The Bertz CT molecular complexity index is 482. The van der Waals surface area contributed by atoms with Crippen LogP contribution in [-0.4, -0.2) is 37.8 Å². The minimum Gasteiger partial charge on any atom is -0.314 e. The van der Waals surface area contributed by atoms with Gasteiger partial charge in [0.1, 0.15) is 6.67 Å². The third-order valence-corrected chi connectivity index (χ3v) is 3.32. The van der Waals surface area contributed by atoms with Crippen LogP contribution in [0.4, 0.5) is 26.3 Å². The van der Waals surface area contributed by atoms with Crippen LogP contribution in [0.25, 0.3) is 0 Å². The van der Waals surface area contributed by atoms with Gasteiger partial charge in [0, 0.05) is 31.7 Å². The zero-order chi connectivity index (χ0) is 14.9. The molecule has 0 saturated carbocycles. The summed E-state index contributed by atoms with van der Waals surface area (Å²) in [6, 6.07) is -1.48. The molecule has 1 N–H and O–H groups in total. The van der Waals surface area contributed by atoms with Crippen LogP contribution in [0.15, 0.2) is 0 Å². The van der Waals surface area contributed by atoms with Gasteiger partial charge in [-0.3, -0.25) is 4.90 Å². The van der Waals surface area contributed by atoms with Crippen LogP contribution in [0.3, 0.4) is 0 Å². The van der Waals surface area contributed by atoms with Gasteiger partial charge in [0.15, 0.2) is 23.3 Å². The summed E-state index contributed by atoms with van der Waals surface area (Å²) in [4.78, 5) is 1.36. The molecule has 1 saturated heterocycles. The van der Waals surface area contributed by atoms with Gasteiger partial charge in [-0.05, 0) is 0 Å². The number of benzene rings is 1. The summed E-state index contributed by atoms with van der Waals surface area (Å²) >= 11 is 0. The molecule has 2 rings (SSSR count). The number of alkyl halides is 1. The summed E-state index contributed by atoms with van der Waals surface area (Å²) in [6.07, 6.45) is 0. The molecule has 10 heteroatoms. The van der Waals surface area contributed by atoms with Crippen LogP contribution >= 0.6 is 24.8 Å². The second-order valence-electron chi connectivity index (χ2n) is 4.44. The van der Waals surface area contributed by atoms with Gasteiger partial charge in [0.05, 0.1) is 6.04 Å². The number of rotatable bonds is 3. The molecule has 128 valence electrons. The molecular weight excluding hydrogens is 357 g/mol. The standard InChI is InChI=1S/C12H12F6N2.2ClH/c13-5-6(20-3-1-19-2-4-20)7-8(14)10(16)12(18)11(17)9(7)15;;/h6,19H,1-5H2;2*1H/t6-;;/m1../s1. The lowest BCUT2D eigenvalue weighted by molar-refractivity contribution is 0.139. The summed E-state index contributed by atoms with van der Waals surface area (Å²) in [5.41, 5.74) is -1.11. The molecule has 1 fully saturated rings. The Hall–Kier alpha value is -0.700. The van der Waals surface area contributed by atoms with Crippen molar-refractivity contribution in [2.75, 3.05) is 32.9 Å². The first kappa shape index (κ1) is 21.3. The first-order chi connectivity index (χ1) is 9.49. The van der Waals surface area contributed by atoms with E-state index in [0.29, 0.717) is 13.1 Å². The fraction of sp³-hybridized carbons (Fsp3) is 0.500. The van der Waals surface area contributed by atoms with Gasteiger partial charge < -0.3 is 5.32 Å². The molecular formula is C12H14Cl2F6N2. The van der Waals surface area contributed by atoms with E-state index in [9.17, 15) is 26.3 Å². The quantitative estimate of drug-likeness (QED) is 0.499. The largest absolute Gasteiger partial charge is 0.314 e. The Morgan fingerprint density at radius 1 is 0.818 bits per heavy atom. The predicted octanol–water partition coefficient (Wildman–Crippen LogP) is 3.14. The van der Waals surface area contributed by atoms with Crippen molar-refractivity contribution in [3.63, 3.8) is 0 Å². The molecule has 0 radical (unpaired) electrons. The van der Waals surface area contributed by atoms with E-state index in [-0.39, 0.29) is 37.9 Å². The topological polar surface area (TPSA) is 15.3 Å². The second kappa shape index (κ2) is 8.81. The number of nitrogens with one attached hydrogen (secondary N) is 1. The zero-order valence-corrected chi connectivity index (χ0v) is 12.8. The van der Waals surface area contributed by atoms with E-state index in [2.05, 4.69) is 5.32 Å². The first-order valence-corrected chi connectivity index (χ1v) is 6.01. The highest BCUT2D eigenvalue weighted by atomic mass is 35.5. The monoisotopic (exact) mass is 370 g/mol. The van der Waals surface area contributed by atoms with E-state index in [1.807, 2.05) is 0 Å². The lowest BCUT2D eigenvalue weighted by atomic mass is 10.0. The van der Waals surface area contributed by atoms with Crippen LogP contribution in [0.1, 0.15) is 11.6 Å². The summed E-state index contributed by atoms with van der Waals surface area (Å²) < 4.78 is 79.7. The highest BCUT2D eigenvalue weighted by Gasteiger charge is 2.33. The smallest absolute Gasteiger partial charge is 0.200 e. The average molecular weight is 371 g/mol. The summed E-state index contributed by atoms with van der Waals surface area (Å²) in [6.45, 7) is 0.179. The van der Waals surface area contributed by atoms with Gasteiger partial charge >= 0.3 is 0 Å². The van der Waals surface area contributed by atoms with Gasteiger partial charge in [-0.15, -0.1) is 24.8 Å². The number of hydrogen-bond acceptors (Lipinski definition) is 2. The summed E-state index contributed by atoms with van der Waals surface area (Å²) in [7, 11) is 0. The van der Waals surface area contributed by atoms with Crippen LogP contribution < -0.4 is 5.32 Å². The number of piperazine rings is 1. The van der Waals surface area contributed by atoms with Crippen molar-refractivity contribution in [1.82, 2.24) is 10.2 Å². The lowest BCUT2D eigenvalue weighted by Gasteiger charge is -2.33. The predicted molar refractivity (Wildman–Crippen MR) is 73.9 cm³/mol. The Morgan fingerprint density at radius 2 is 1.23 bits per heavy atom. The fourth-order valence-corrected chi connectivity index (χ4v) is 2.27. The Morgan fingerprint density at radius 3 is 1.64 bits per heavy atom. The molecule has 1 aromatic carbocycles. The van der Waals surface area contributed by atoms with Crippen molar-refractivity contribution in [3.05, 3.63) is 34.6 Å². The molecule has 0 amide bonds. The Kier molecular flexibility index (Phi) is 8.53. The van der Waals surface area contributed by atoms with E-state index in [0.717, 1.165) is 0 Å². The minimum absolute atomic E-state index is 0. The van der Waals surface area contributed by atoms with Crippen LogP contribution in [0, 0.1) is 29.1 Å². The maximum atomic E-state index is 13.7. The highest BCUT2D eigenvalue weighted by Crippen LogP contribution is 2.31. The molecule has 1 aromatic rings. The molecule has 22 heavy (non-hydrogen) atoms. The zero-order valence-electron chi connectivity index (χ0n) is 11.1. The van der Waals surface area contributed by atoms with Gasteiger partial charge in [-0.1, -0.05) is 0 Å².